The Kier molecular flexibility index (Phi) is 8.60. The third kappa shape index (κ3) is 7.29. The van der Waals surface area contributed by atoms with Crippen LogP contribution in [0.15, 0.2) is 48.5 Å². The number of rotatable bonds is 10. The van der Waals surface area contributed by atoms with Crippen molar-refractivity contribution in [1.29, 1.82) is 0 Å². The van der Waals surface area contributed by atoms with Gasteiger partial charge < -0.3 is 24.2 Å². The van der Waals surface area contributed by atoms with Gasteiger partial charge in [0.1, 0.15) is 18.1 Å². The Balaban J connectivity index is 1.33. The van der Waals surface area contributed by atoms with Gasteiger partial charge in [-0.15, -0.1) is 0 Å². The molecule has 1 atom stereocenters. The first-order valence-electron chi connectivity index (χ1n) is 10.5. The Morgan fingerprint density at radius 1 is 0.969 bits per heavy atom. The van der Waals surface area contributed by atoms with Gasteiger partial charge in [0.15, 0.2) is 0 Å². The fourth-order valence-electron chi connectivity index (χ4n) is 3.55. The molecule has 0 radical (unpaired) electrons. The molecular formula is C23H29F3N2O4. The van der Waals surface area contributed by atoms with Crippen LogP contribution in [0.5, 0.6) is 11.5 Å². The van der Waals surface area contributed by atoms with Gasteiger partial charge in [0.2, 0.25) is 0 Å². The fourth-order valence-corrected chi connectivity index (χ4v) is 3.55. The van der Waals surface area contributed by atoms with E-state index in [0.717, 1.165) is 6.07 Å². The number of ether oxygens (including phenoxy) is 3. The van der Waals surface area contributed by atoms with Crippen LogP contribution in [0.3, 0.4) is 0 Å². The summed E-state index contributed by atoms with van der Waals surface area (Å²) in [6.07, 6.45) is -4.99. The molecule has 1 aliphatic heterocycles. The first-order valence-corrected chi connectivity index (χ1v) is 10.5. The summed E-state index contributed by atoms with van der Waals surface area (Å²) in [5, 5.41) is 10.2. The van der Waals surface area contributed by atoms with Crippen LogP contribution in [0.1, 0.15) is 5.56 Å². The predicted molar refractivity (Wildman–Crippen MR) is 115 cm³/mol. The number of hydrogen-bond donors (Lipinski definition) is 1. The van der Waals surface area contributed by atoms with Crippen LogP contribution < -0.4 is 14.4 Å². The second kappa shape index (κ2) is 11.4. The van der Waals surface area contributed by atoms with Gasteiger partial charge in [0.25, 0.3) is 0 Å². The smallest absolute Gasteiger partial charge is 0.416 e. The van der Waals surface area contributed by atoms with E-state index in [2.05, 4.69) is 4.90 Å². The van der Waals surface area contributed by atoms with Crippen molar-refractivity contribution >= 4 is 5.69 Å². The Morgan fingerprint density at radius 2 is 1.69 bits per heavy atom. The molecular weight excluding hydrogens is 425 g/mol. The quantitative estimate of drug-likeness (QED) is 0.556. The standard InChI is InChI=1S/C23H29F3N2O4/c1-30-21-6-3-7-22(15-21)32-13-12-31-17-20(29)16-27-8-10-28(11-9-27)19-5-2-4-18(14-19)23(24,25)26/h2-7,14-15,20,29H,8-13,16-17H2,1H3/t20-/m0/s1. The summed E-state index contributed by atoms with van der Waals surface area (Å²) in [5.74, 6) is 1.40. The highest BCUT2D eigenvalue weighted by molar-refractivity contribution is 5.49. The molecule has 1 heterocycles. The minimum Gasteiger partial charge on any atom is -0.497 e. The largest absolute Gasteiger partial charge is 0.497 e. The number of aliphatic hydroxyl groups excluding tert-OH is 1. The molecule has 1 aliphatic rings. The molecule has 0 amide bonds. The number of hydrogen-bond acceptors (Lipinski definition) is 6. The van der Waals surface area contributed by atoms with Gasteiger partial charge in [-0.1, -0.05) is 12.1 Å². The van der Waals surface area contributed by atoms with E-state index < -0.39 is 17.8 Å². The van der Waals surface area contributed by atoms with Crippen molar-refractivity contribution in [3.63, 3.8) is 0 Å². The van der Waals surface area contributed by atoms with E-state index in [9.17, 15) is 18.3 Å². The molecule has 9 heteroatoms. The molecule has 0 unspecified atom stereocenters. The number of anilines is 1. The van der Waals surface area contributed by atoms with Crippen LogP contribution in [0, 0.1) is 0 Å². The zero-order valence-electron chi connectivity index (χ0n) is 18.1. The van der Waals surface area contributed by atoms with E-state index in [0.29, 0.717) is 63.1 Å². The molecule has 0 aliphatic carbocycles. The lowest BCUT2D eigenvalue weighted by Crippen LogP contribution is -2.49. The Bertz CT molecular complexity index is 842. The summed E-state index contributed by atoms with van der Waals surface area (Å²) in [5.41, 5.74) is -0.0697. The lowest BCUT2D eigenvalue weighted by molar-refractivity contribution is -0.137. The summed E-state index contributed by atoms with van der Waals surface area (Å²) in [6, 6.07) is 12.7. The second-order valence-electron chi connectivity index (χ2n) is 7.59. The summed E-state index contributed by atoms with van der Waals surface area (Å²) in [7, 11) is 1.59. The van der Waals surface area contributed by atoms with Crippen molar-refractivity contribution in [2.45, 2.75) is 12.3 Å². The molecule has 1 fully saturated rings. The summed E-state index contributed by atoms with van der Waals surface area (Å²) >= 11 is 0. The predicted octanol–water partition coefficient (Wildman–Crippen LogP) is 3.29. The molecule has 1 N–H and O–H groups in total. The molecule has 2 aromatic carbocycles. The van der Waals surface area contributed by atoms with Crippen molar-refractivity contribution in [3.05, 3.63) is 54.1 Å². The monoisotopic (exact) mass is 454 g/mol. The van der Waals surface area contributed by atoms with Crippen molar-refractivity contribution < 1.29 is 32.5 Å². The molecule has 0 aromatic heterocycles. The number of β-amino-alcohol motifs (C(OH)–C–C–N with tert-alkyl or cyclic N) is 1. The molecule has 1 saturated heterocycles. The zero-order valence-corrected chi connectivity index (χ0v) is 18.1. The van der Waals surface area contributed by atoms with E-state index in [1.54, 1.807) is 19.2 Å². The van der Waals surface area contributed by atoms with Crippen molar-refractivity contribution in [2.24, 2.45) is 0 Å². The molecule has 6 nitrogen and oxygen atoms in total. The van der Waals surface area contributed by atoms with Gasteiger partial charge in [-0.2, -0.15) is 13.2 Å². The van der Waals surface area contributed by atoms with Crippen molar-refractivity contribution in [2.75, 3.05) is 64.6 Å². The summed E-state index contributed by atoms with van der Waals surface area (Å²) in [6.45, 7) is 3.86. The zero-order chi connectivity index (χ0) is 23.0. The lowest BCUT2D eigenvalue weighted by Gasteiger charge is -2.37. The van der Waals surface area contributed by atoms with E-state index in [1.807, 2.05) is 23.1 Å². The highest BCUT2D eigenvalue weighted by Gasteiger charge is 2.31. The Hall–Kier alpha value is -2.49. The first-order chi connectivity index (χ1) is 15.3. The van der Waals surface area contributed by atoms with E-state index in [1.165, 1.54) is 12.1 Å². The van der Waals surface area contributed by atoms with E-state index >= 15 is 0 Å². The molecule has 0 saturated carbocycles. The van der Waals surface area contributed by atoms with Crippen molar-refractivity contribution in [3.8, 4) is 11.5 Å². The molecule has 176 valence electrons. The van der Waals surface area contributed by atoms with Gasteiger partial charge >= 0.3 is 6.18 Å². The van der Waals surface area contributed by atoms with Gasteiger partial charge in [0.05, 0.1) is 32.0 Å². The van der Waals surface area contributed by atoms with Gasteiger partial charge in [0, 0.05) is 44.5 Å². The number of piperazine rings is 1. The number of methoxy groups -OCH3 is 1. The number of halogens is 3. The average Bonchev–Trinajstić information content (AvgIpc) is 2.79. The van der Waals surface area contributed by atoms with Crippen LogP contribution in [0.4, 0.5) is 18.9 Å². The molecule has 3 rings (SSSR count). The third-order valence-electron chi connectivity index (χ3n) is 5.23. The SMILES string of the molecule is COc1cccc(OCCOC[C@@H](O)CN2CCN(c3cccc(C(F)(F)F)c3)CC2)c1. The van der Waals surface area contributed by atoms with Crippen LogP contribution in [-0.2, 0) is 10.9 Å². The van der Waals surface area contributed by atoms with E-state index in [-0.39, 0.29) is 6.61 Å². The number of alkyl halides is 3. The summed E-state index contributed by atoms with van der Waals surface area (Å²) in [4.78, 5) is 4.02. The third-order valence-corrected chi connectivity index (χ3v) is 5.23. The second-order valence-corrected chi connectivity index (χ2v) is 7.59. The molecule has 0 spiro atoms. The normalized spacial score (nSPS) is 16.1. The topological polar surface area (TPSA) is 54.4 Å². The van der Waals surface area contributed by atoms with Gasteiger partial charge in [-0.3, -0.25) is 4.90 Å². The minimum atomic E-state index is -4.35. The highest BCUT2D eigenvalue weighted by Crippen LogP contribution is 2.31. The minimum absolute atomic E-state index is 0.190. The maximum Gasteiger partial charge on any atom is 0.416 e. The number of nitrogens with zero attached hydrogens (tertiary/aromatic N) is 2. The molecule has 32 heavy (non-hydrogen) atoms. The lowest BCUT2D eigenvalue weighted by atomic mass is 10.1. The maximum absolute atomic E-state index is 12.9. The first kappa shape index (κ1) is 24.2. The molecule has 0 bridgehead atoms. The number of aliphatic hydroxyl groups is 1. The maximum atomic E-state index is 12.9. The van der Waals surface area contributed by atoms with Gasteiger partial charge in [-0.05, 0) is 30.3 Å². The fraction of sp³-hybridized carbons (Fsp3) is 0.478. The average molecular weight is 454 g/mol. The van der Waals surface area contributed by atoms with Crippen molar-refractivity contribution in [1.82, 2.24) is 4.90 Å². The molecule has 2 aromatic rings. The Labute approximate surface area is 186 Å². The van der Waals surface area contributed by atoms with E-state index in [4.69, 9.17) is 14.2 Å². The Morgan fingerprint density at radius 3 is 2.41 bits per heavy atom. The van der Waals surface area contributed by atoms with Crippen LogP contribution in [0.25, 0.3) is 0 Å². The van der Waals surface area contributed by atoms with Crippen LogP contribution in [-0.4, -0.2) is 75.8 Å². The summed E-state index contributed by atoms with van der Waals surface area (Å²) < 4.78 is 55.0. The van der Waals surface area contributed by atoms with Crippen LogP contribution >= 0.6 is 0 Å². The van der Waals surface area contributed by atoms with Gasteiger partial charge in [-0.25, -0.2) is 0 Å². The highest BCUT2D eigenvalue weighted by atomic mass is 19.4. The number of benzene rings is 2. The van der Waals surface area contributed by atoms with Crippen LogP contribution in [0.2, 0.25) is 0 Å².